The second kappa shape index (κ2) is 11.1. The molecule has 0 saturated carbocycles. The molecule has 0 spiro atoms. The van der Waals surface area contributed by atoms with Gasteiger partial charge in [-0.05, 0) is 42.5 Å². The molecule has 4 aromatic rings. The van der Waals surface area contributed by atoms with Gasteiger partial charge in [-0.2, -0.15) is 0 Å². The summed E-state index contributed by atoms with van der Waals surface area (Å²) in [6.45, 7) is 7.21. The van der Waals surface area contributed by atoms with Gasteiger partial charge in [-0.3, -0.25) is 9.69 Å². The third-order valence-electron chi connectivity index (χ3n) is 6.33. The minimum Gasteiger partial charge on any atom is -0.369 e. The summed E-state index contributed by atoms with van der Waals surface area (Å²) in [5.41, 5.74) is 4.29. The van der Waals surface area contributed by atoms with E-state index in [0.717, 1.165) is 54.0 Å². The van der Waals surface area contributed by atoms with Gasteiger partial charge in [0.25, 0.3) is 0 Å². The highest BCUT2D eigenvalue weighted by Crippen LogP contribution is 2.28. The molecule has 0 unspecified atom stereocenters. The van der Waals surface area contributed by atoms with E-state index in [2.05, 4.69) is 49.1 Å². The summed E-state index contributed by atoms with van der Waals surface area (Å²) in [7, 11) is 0. The van der Waals surface area contributed by atoms with Crippen molar-refractivity contribution in [3.8, 4) is 11.3 Å². The number of amides is 1. The summed E-state index contributed by atoms with van der Waals surface area (Å²) >= 11 is 0. The quantitative estimate of drug-likeness (QED) is 0.343. The van der Waals surface area contributed by atoms with Gasteiger partial charge in [0.2, 0.25) is 11.9 Å². The Labute approximate surface area is 214 Å². The van der Waals surface area contributed by atoms with E-state index in [1.807, 2.05) is 42.5 Å². The molecule has 2 aromatic heterocycles. The molecule has 0 atom stereocenters. The van der Waals surface area contributed by atoms with Crippen LogP contribution in [0.4, 0.5) is 27.5 Å². The number of rotatable bonds is 8. The van der Waals surface area contributed by atoms with Crippen molar-refractivity contribution in [1.29, 1.82) is 0 Å². The summed E-state index contributed by atoms with van der Waals surface area (Å²) in [5, 5.41) is 6.87. The van der Waals surface area contributed by atoms with Crippen LogP contribution in [0.1, 0.15) is 0 Å². The average molecular weight is 498 g/mol. The predicted molar refractivity (Wildman–Crippen MR) is 146 cm³/mol. The third-order valence-corrected chi connectivity index (χ3v) is 6.33. The lowest BCUT2D eigenvalue weighted by Gasteiger charge is -2.35. The van der Waals surface area contributed by atoms with Crippen molar-refractivity contribution in [2.45, 2.75) is 0 Å². The van der Waals surface area contributed by atoms with Crippen LogP contribution in [-0.4, -0.2) is 65.2 Å². The first kappa shape index (κ1) is 24.3. The molecule has 1 aliphatic heterocycles. The Hall–Kier alpha value is -4.37. The second-order valence-electron chi connectivity index (χ2n) is 8.73. The van der Waals surface area contributed by atoms with E-state index >= 15 is 0 Å². The number of hydrogen-bond donors (Lipinski definition) is 2. The van der Waals surface area contributed by atoms with Crippen LogP contribution in [0, 0.1) is 0 Å². The Bertz CT molecular complexity index is 1400. The van der Waals surface area contributed by atoms with E-state index in [4.69, 9.17) is 4.98 Å². The molecule has 1 saturated heterocycles. The number of benzene rings is 2. The topological polar surface area (TPSA) is 86.3 Å². The lowest BCUT2D eigenvalue weighted by atomic mass is 10.1. The van der Waals surface area contributed by atoms with Gasteiger partial charge in [-0.25, -0.2) is 19.3 Å². The molecule has 0 radical (unpaired) electrons. The molecule has 8 nitrogen and oxygen atoms in total. The summed E-state index contributed by atoms with van der Waals surface area (Å²) in [6.07, 6.45) is 2.99. The van der Waals surface area contributed by atoms with Crippen molar-refractivity contribution in [3.05, 3.63) is 79.5 Å². The summed E-state index contributed by atoms with van der Waals surface area (Å²) in [4.78, 5) is 30.0. The third kappa shape index (κ3) is 5.73. The number of carbonyl (C=O) groups is 1. The van der Waals surface area contributed by atoms with E-state index in [9.17, 15) is 9.18 Å². The Morgan fingerprint density at radius 2 is 1.78 bits per heavy atom. The maximum absolute atomic E-state index is 12.6. The van der Waals surface area contributed by atoms with Gasteiger partial charge in [0.05, 0.1) is 11.2 Å². The number of alkyl halides is 1. The number of hydrogen-bond acceptors (Lipinski definition) is 7. The molecular formula is C28H28FN7O. The molecule has 0 aliphatic carbocycles. The summed E-state index contributed by atoms with van der Waals surface area (Å²) in [5.74, 6) is 0.598. The van der Waals surface area contributed by atoms with Gasteiger partial charge < -0.3 is 15.5 Å². The van der Waals surface area contributed by atoms with Crippen LogP contribution in [0.15, 0.2) is 79.5 Å². The Balaban J connectivity index is 1.34. The fraction of sp³-hybridized carbons (Fsp3) is 0.214. The maximum Gasteiger partial charge on any atom is 0.248 e. The predicted octanol–water partition coefficient (Wildman–Crippen LogP) is 4.65. The van der Waals surface area contributed by atoms with Gasteiger partial charge in [-0.1, -0.05) is 30.8 Å². The van der Waals surface area contributed by atoms with Crippen molar-refractivity contribution in [1.82, 2.24) is 19.9 Å². The Morgan fingerprint density at radius 3 is 2.54 bits per heavy atom. The van der Waals surface area contributed by atoms with Gasteiger partial charge in [0.15, 0.2) is 0 Å². The summed E-state index contributed by atoms with van der Waals surface area (Å²) < 4.78 is 12.6. The fourth-order valence-corrected chi connectivity index (χ4v) is 4.39. The molecule has 1 amide bonds. The number of halogens is 1. The lowest BCUT2D eigenvalue weighted by molar-refractivity contribution is -0.111. The average Bonchev–Trinajstić information content (AvgIpc) is 2.94. The Kier molecular flexibility index (Phi) is 7.32. The molecular weight excluding hydrogens is 469 g/mol. The number of pyridine rings is 1. The normalized spacial score (nSPS) is 13.9. The standard InChI is InChI=1S/C28H28FN7O/c1-2-26(37)33-25-8-4-7-24(32-25)23-6-3-5-20-19-30-28(34-27(20)23)31-21-9-11-22(12-10-21)36-17-15-35(14-13-29)16-18-36/h2-12,19H,1,13-18H2,(H,30,31,34)(H,32,33,37). The van der Waals surface area contributed by atoms with Crippen molar-refractivity contribution in [2.75, 3.05) is 54.9 Å². The molecule has 5 rings (SSSR count). The van der Waals surface area contributed by atoms with Crippen LogP contribution in [-0.2, 0) is 4.79 Å². The Morgan fingerprint density at radius 1 is 1.00 bits per heavy atom. The minimum atomic E-state index is -0.318. The van der Waals surface area contributed by atoms with E-state index in [1.165, 1.54) is 6.08 Å². The van der Waals surface area contributed by atoms with Gasteiger partial charge >= 0.3 is 0 Å². The maximum atomic E-state index is 12.6. The number of para-hydroxylation sites is 1. The van der Waals surface area contributed by atoms with Crippen LogP contribution >= 0.6 is 0 Å². The zero-order valence-corrected chi connectivity index (χ0v) is 20.4. The van der Waals surface area contributed by atoms with Crippen molar-refractivity contribution in [3.63, 3.8) is 0 Å². The molecule has 37 heavy (non-hydrogen) atoms. The first-order valence-corrected chi connectivity index (χ1v) is 12.2. The lowest BCUT2D eigenvalue weighted by Crippen LogP contribution is -2.47. The summed E-state index contributed by atoms with van der Waals surface area (Å²) in [6, 6.07) is 19.4. The van der Waals surface area contributed by atoms with Crippen LogP contribution < -0.4 is 15.5 Å². The molecule has 3 heterocycles. The van der Waals surface area contributed by atoms with E-state index in [-0.39, 0.29) is 12.6 Å². The number of aromatic nitrogens is 3. The first-order valence-electron chi connectivity index (χ1n) is 12.2. The largest absolute Gasteiger partial charge is 0.369 e. The van der Waals surface area contributed by atoms with Gasteiger partial charge in [-0.15, -0.1) is 0 Å². The number of piperazine rings is 1. The van der Waals surface area contributed by atoms with E-state index in [1.54, 1.807) is 12.3 Å². The molecule has 0 bridgehead atoms. The highest BCUT2D eigenvalue weighted by molar-refractivity contribution is 5.98. The zero-order chi connectivity index (χ0) is 25.6. The van der Waals surface area contributed by atoms with Crippen molar-refractivity contribution in [2.24, 2.45) is 0 Å². The van der Waals surface area contributed by atoms with Crippen LogP contribution in [0.5, 0.6) is 0 Å². The molecule has 2 N–H and O–H groups in total. The molecule has 9 heteroatoms. The first-order chi connectivity index (χ1) is 18.1. The van der Waals surface area contributed by atoms with Crippen LogP contribution in [0.3, 0.4) is 0 Å². The van der Waals surface area contributed by atoms with E-state index < -0.39 is 0 Å². The smallest absolute Gasteiger partial charge is 0.248 e. The fourth-order valence-electron chi connectivity index (χ4n) is 4.39. The van der Waals surface area contributed by atoms with Gasteiger partial charge in [0, 0.05) is 61.2 Å². The van der Waals surface area contributed by atoms with Crippen molar-refractivity contribution < 1.29 is 9.18 Å². The number of anilines is 4. The zero-order valence-electron chi connectivity index (χ0n) is 20.4. The number of nitrogens with zero attached hydrogens (tertiary/aromatic N) is 5. The number of nitrogens with one attached hydrogen (secondary N) is 2. The molecule has 188 valence electrons. The highest BCUT2D eigenvalue weighted by Gasteiger charge is 2.17. The number of carbonyl (C=O) groups excluding carboxylic acids is 1. The minimum absolute atomic E-state index is 0.296. The van der Waals surface area contributed by atoms with Crippen LogP contribution in [0.2, 0.25) is 0 Å². The number of fused-ring (bicyclic) bond motifs is 1. The molecule has 1 aliphatic rings. The van der Waals surface area contributed by atoms with Gasteiger partial charge in [0.1, 0.15) is 12.5 Å². The van der Waals surface area contributed by atoms with Crippen molar-refractivity contribution >= 4 is 40.0 Å². The molecule has 1 fully saturated rings. The SMILES string of the molecule is C=CC(=O)Nc1cccc(-c2cccc3cnc(Nc4ccc(N5CCN(CCF)CC5)cc4)nc23)n1. The van der Waals surface area contributed by atoms with Crippen LogP contribution in [0.25, 0.3) is 22.2 Å². The monoisotopic (exact) mass is 497 g/mol. The van der Waals surface area contributed by atoms with E-state index in [0.29, 0.717) is 24.0 Å². The second-order valence-corrected chi connectivity index (χ2v) is 8.73. The molecule has 2 aromatic carbocycles. The highest BCUT2D eigenvalue weighted by atomic mass is 19.1.